The van der Waals surface area contributed by atoms with Crippen molar-refractivity contribution in [3.8, 4) is 5.75 Å². The summed E-state index contributed by atoms with van der Waals surface area (Å²) in [5.74, 6) is 1.51. The fourth-order valence-electron chi connectivity index (χ4n) is 2.90. The van der Waals surface area contributed by atoms with Gasteiger partial charge in [0.15, 0.2) is 0 Å². The van der Waals surface area contributed by atoms with Crippen LogP contribution in [0.1, 0.15) is 43.9 Å². The van der Waals surface area contributed by atoms with Crippen LogP contribution >= 0.6 is 11.8 Å². The second-order valence-electron chi connectivity index (χ2n) is 6.61. The molecule has 1 aliphatic heterocycles. The summed E-state index contributed by atoms with van der Waals surface area (Å²) in [6.07, 6.45) is 3.41. The molecule has 1 nitrogen and oxygen atoms in total. The van der Waals surface area contributed by atoms with E-state index in [1.165, 1.54) is 33.8 Å². The summed E-state index contributed by atoms with van der Waals surface area (Å²) >= 11 is 1.97. The average Bonchev–Trinajstić information content (AvgIpc) is 2.49. The molecule has 0 atom stereocenters. The Bertz CT molecular complexity index is 711. The van der Waals surface area contributed by atoms with Gasteiger partial charge in [-0.25, -0.2) is 0 Å². The van der Waals surface area contributed by atoms with Crippen molar-refractivity contribution in [3.05, 3.63) is 59.2 Å². The van der Waals surface area contributed by atoms with Gasteiger partial charge in [0, 0.05) is 4.90 Å². The molecule has 2 aromatic rings. The van der Waals surface area contributed by atoms with Crippen molar-refractivity contribution in [2.45, 2.75) is 37.5 Å². The van der Waals surface area contributed by atoms with E-state index in [2.05, 4.69) is 45.0 Å². The molecule has 1 heterocycles. The Labute approximate surface area is 137 Å². The van der Waals surface area contributed by atoms with Crippen LogP contribution in [0.2, 0.25) is 0 Å². The molecule has 0 radical (unpaired) electrons. The maximum atomic E-state index is 9.37. The first-order chi connectivity index (χ1) is 10.5. The molecule has 0 saturated carbocycles. The highest BCUT2D eigenvalue weighted by atomic mass is 32.2. The Morgan fingerprint density at radius 3 is 2.59 bits per heavy atom. The van der Waals surface area contributed by atoms with Crippen LogP contribution in [-0.2, 0) is 5.41 Å². The molecular formula is C20H22OS. The van der Waals surface area contributed by atoms with E-state index in [-0.39, 0.29) is 5.41 Å². The summed E-state index contributed by atoms with van der Waals surface area (Å²) in [6.45, 7) is 6.82. The normalized spacial score (nSPS) is 17.1. The molecule has 3 rings (SSSR count). The topological polar surface area (TPSA) is 20.2 Å². The summed E-state index contributed by atoms with van der Waals surface area (Å²) in [5.41, 5.74) is 5.40. The number of benzene rings is 2. The summed E-state index contributed by atoms with van der Waals surface area (Å²) in [7, 11) is 0. The molecule has 0 fully saturated rings. The molecule has 0 spiro atoms. The molecule has 2 heteroatoms. The van der Waals surface area contributed by atoms with Crippen molar-refractivity contribution in [2.24, 2.45) is 0 Å². The Kier molecular flexibility index (Phi) is 4.05. The minimum absolute atomic E-state index is 0.285. The van der Waals surface area contributed by atoms with E-state index in [4.69, 9.17) is 0 Å². The number of phenolic OH excluding ortho intramolecular Hbond substituents is 1. The van der Waals surface area contributed by atoms with Crippen molar-refractivity contribution >= 4 is 23.4 Å². The summed E-state index contributed by atoms with van der Waals surface area (Å²) in [5, 5.41) is 9.37. The zero-order valence-corrected chi connectivity index (χ0v) is 14.2. The minimum Gasteiger partial charge on any atom is -0.508 e. The molecule has 22 heavy (non-hydrogen) atoms. The number of aromatic hydroxyl groups is 1. The smallest absolute Gasteiger partial charge is 0.115 e. The van der Waals surface area contributed by atoms with Crippen LogP contribution in [0.15, 0.2) is 47.4 Å². The lowest BCUT2D eigenvalue weighted by atomic mass is 9.81. The van der Waals surface area contributed by atoms with Gasteiger partial charge in [0.1, 0.15) is 5.75 Å². The summed E-state index contributed by atoms with van der Waals surface area (Å²) in [6, 6.07) is 14.2. The maximum Gasteiger partial charge on any atom is 0.115 e. The van der Waals surface area contributed by atoms with Crippen LogP contribution in [0.3, 0.4) is 0 Å². The summed E-state index contributed by atoms with van der Waals surface area (Å²) in [4.78, 5) is 1.42. The second kappa shape index (κ2) is 5.85. The molecule has 0 aliphatic carbocycles. The Hall–Kier alpha value is -1.67. The van der Waals surface area contributed by atoms with Gasteiger partial charge in [-0.2, -0.15) is 0 Å². The quantitative estimate of drug-likeness (QED) is 0.715. The van der Waals surface area contributed by atoms with Crippen LogP contribution in [-0.4, -0.2) is 10.9 Å². The standard InChI is InChI=1S/C20H22OS/c1-14(12-15-4-7-17(21)8-5-15)16-6-9-18-19(13-16)22-11-10-20(18,2)3/h4-9,12-13,21H,10-11H2,1-3H3. The van der Waals surface area contributed by atoms with Gasteiger partial charge in [-0.3, -0.25) is 0 Å². The maximum absolute atomic E-state index is 9.37. The largest absolute Gasteiger partial charge is 0.508 e. The fourth-order valence-corrected chi connectivity index (χ4v) is 4.44. The number of phenols is 1. The number of hydrogen-bond acceptors (Lipinski definition) is 2. The molecule has 0 bridgehead atoms. The highest BCUT2D eigenvalue weighted by molar-refractivity contribution is 7.99. The van der Waals surface area contributed by atoms with E-state index in [1.807, 2.05) is 23.9 Å². The van der Waals surface area contributed by atoms with Crippen molar-refractivity contribution in [1.29, 1.82) is 0 Å². The lowest BCUT2D eigenvalue weighted by Crippen LogP contribution is -2.22. The van der Waals surface area contributed by atoms with Gasteiger partial charge in [-0.1, -0.05) is 44.2 Å². The lowest BCUT2D eigenvalue weighted by molar-refractivity contribution is 0.475. The highest BCUT2D eigenvalue weighted by Crippen LogP contribution is 2.42. The fraction of sp³-hybridized carbons (Fsp3) is 0.300. The number of allylic oxidation sites excluding steroid dienone is 1. The van der Waals surface area contributed by atoms with Gasteiger partial charge < -0.3 is 5.11 Å². The number of fused-ring (bicyclic) bond motifs is 1. The van der Waals surface area contributed by atoms with Crippen molar-refractivity contribution in [2.75, 3.05) is 5.75 Å². The van der Waals surface area contributed by atoms with E-state index < -0.39 is 0 Å². The van der Waals surface area contributed by atoms with Gasteiger partial charge in [0.05, 0.1) is 0 Å². The number of thioether (sulfide) groups is 1. The van der Waals surface area contributed by atoms with Crippen LogP contribution in [0, 0.1) is 0 Å². The van der Waals surface area contributed by atoms with Crippen molar-refractivity contribution in [1.82, 2.24) is 0 Å². The third kappa shape index (κ3) is 3.07. The van der Waals surface area contributed by atoms with Gasteiger partial charge in [-0.05, 0) is 65.0 Å². The first kappa shape index (κ1) is 15.2. The van der Waals surface area contributed by atoms with Gasteiger partial charge >= 0.3 is 0 Å². The van der Waals surface area contributed by atoms with Crippen molar-refractivity contribution < 1.29 is 5.11 Å². The molecule has 1 N–H and O–H groups in total. The van der Waals surface area contributed by atoms with E-state index in [9.17, 15) is 5.11 Å². The first-order valence-electron chi connectivity index (χ1n) is 7.71. The Balaban J connectivity index is 1.94. The number of hydrogen-bond donors (Lipinski definition) is 1. The van der Waals surface area contributed by atoms with Gasteiger partial charge in [0.2, 0.25) is 0 Å². The van der Waals surface area contributed by atoms with Crippen LogP contribution in [0.4, 0.5) is 0 Å². The van der Waals surface area contributed by atoms with Gasteiger partial charge in [0.25, 0.3) is 0 Å². The molecule has 2 aromatic carbocycles. The Morgan fingerprint density at radius 2 is 1.86 bits per heavy atom. The monoisotopic (exact) mass is 310 g/mol. The first-order valence-corrected chi connectivity index (χ1v) is 8.69. The lowest BCUT2D eigenvalue weighted by Gasteiger charge is -2.32. The average molecular weight is 310 g/mol. The third-order valence-electron chi connectivity index (χ3n) is 4.43. The highest BCUT2D eigenvalue weighted by Gasteiger charge is 2.27. The molecule has 0 saturated heterocycles. The van der Waals surface area contributed by atoms with Crippen molar-refractivity contribution in [3.63, 3.8) is 0 Å². The SMILES string of the molecule is CC(=Cc1ccc(O)cc1)c1ccc2c(c1)SCCC2(C)C. The predicted molar refractivity (Wildman–Crippen MR) is 96.5 cm³/mol. The molecule has 0 amide bonds. The molecule has 0 unspecified atom stereocenters. The number of rotatable bonds is 2. The van der Waals surface area contributed by atoms with E-state index in [1.54, 1.807) is 12.1 Å². The van der Waals surface area contributed by atoms with Gasteiger partial charge in [-0.15, -0.1) is 11.8 Å². The molecule has 0 aromatic heterocycles. The summed E-state index contributed by atoms with van der Waals surface area (Å²) < 4.78 is 0. The third-order valence-corrected chi connectivity index (χ3v) is 5.48. The van der Waals surface area contributed by atoms with Crippen LogP contribution in [0.25, 0.3) is 11.6 Å². The van der Waals surface area contributed by atoms with Crippen LogP contribution < -0.4 is 0 Å². The molecule has 1 aliphatic rings. The van der Waals surface area contributed by atoms with Crippen LogP contribution in [0.5, 0.6) is 5.75 Å². The van der Waals surface area contributed by atoms with E-state index in [0.717, 1.165) is 5.56 Å². The zero-order chi connectivity index (χ0) is 15.7. The zero-order valence-electron chi connectivity index (χ0n) is 13.4. The van der Waals surface area contributed by atoms with E-state index in [0.29, 0.717) is 5.75 Å². The molecule has 114 valence electrons. The predicted octanol–water partition coefficient (Wildman–Crippen LogP) is 5.73. The minimum atomic E-state index is 0.285. The van der Waals surface area contributed by atoms with E-state index >= 15 is 0 Å². The molecular weight excluding hydrogens is 288 g/mol. The second-order valence-corrected chi connectivity index (χ2v) is 7.75. The Morgan fingerprint density at radius 1 is 1.14 bits per heavy atom.